The Balaban J connectivity index is 2.23. The summed E-state index contributed by atoms with van der Waals surface area (Å²) in [5.74, 6) is 2.79. The summed E-state index contributed by atoms with van der Waals surface area (Å²) in [7, 11) is 0. The zero-order valence-electron chi connectivity index (χ0n) is 8.57. The molecule has 1 aromatic carbocycles. The van der Waals surface area contributed by atoms with Gasteiger partial charge >= 0.3 is 6.61 Å². The van der Waals surface area contributed by atoms with Crippen molar-refractivity contribution in [1.29, 1.82) is 0 Å². The maximum atomic E-state index is 12.2. The molecule has 0 aromatic heterocycles. The molecular formula is C12H11F2NO. The fourth-order valence-electron chi connectivity index (χ4n) is 1.74. The summed E-state index contributed by atoms with van der Waals surface area (Å²) < 4.78 is 28.8. The molecular weight excluding hydrogens is 212 g/mol. The highest BCUT2D eigenvalue weighted by Crippen LogP contribution is 2.34. The highest BCUT2D eigenvalue weighted by molar-refractivity contribution is 5.61. The second-order valence-electron chi connectivity index (χ2n) is 3.51. The van der Waals surface area contributed by atoms with E-state index in [-0.39, 0.29) is 11.8 Å². The number of benzene rings is 1. The van der Waals surface area contributed by atoms with Crippen LogP contribution in [0.5, 0.6) is 5.75 Å². The lowest BCUT2D eigenvalue weighted by Gasteiger charge is -2.40. The normalized spacial score (nSPS) is 19.1. The molecule has 1 unspecified atom stereocenters. The lowest BCUT2D eigenvalue weighted by Crippen LogP contribution is -2.47. The maximum Gasteiger partial charge on any atom is 0.387 e. The number of nitrogens with zero attached hydrogens (tertiary/aromatic N) is 1. The van der Waals surface area contributed by atoms with Gasteiger partial charge in [-0.3, -0.25) is 0 Å². The van der Waals surface area contributed by atoms with Gasteiger partial charge in [0.25, 0.3) is 0 Å². The molecule has 1 aromatic rings. The standard InChI is InChI=1S/C12H11F2NO/c1-2-9-7-8-15(9)10-5-3-4-6-11(10)16-12(13)14/h1,3-6,9,12H,7-8H2. The molecule has 1 heterocycles. The van der Waals surface area contributed by atoms with Crippen molar-refractivity contribution in [3.63, 3.8) is 0 Å². The SMILES string of the molecule is C#CC1CCN1c1ccccc1OC(F)F. The van der Waals surface area contributed by atoms with E-state index in [1.165, 1.54) is 6.07 Å². The zero-order chi connectivity index (χ0) is 11.5. The first-order valence-corrected chi connectivity index (χ1v) is 4.99. The van der Waals surface area contributed by atoms with E-state index in [2.05, 4.69) is 10.7 Å². The average Bonchev–Trinajstić information content (AvgIpc) is 2.19. The molecule has 0 spiro atoms. The van der Waals surface area contributed by atoms with Gasteiger partial charge in [0.1, 0.15) is 5.75 Å². The van der Waals surface area contributed by atoms with Crippen LogP contribution in [-0.4, -0.2) is 19.2 Å². The summed E-state index contributed by atoms with van der Waals surface area (Å²) in [6.07, 6.45) is 6.22. The van der Waals surface area contributed by atoms with Crippen molar-refractivity contribution in [3.05, 3.63) is 24.3 Å². The minimum Gasteiger partial charge on any atom is -0.433 e. The molecule has 1 atom stereocenters. The van der Waals surface area contributed by atoms with Crippen molar-refractivity contribution in [2.45, 2.75) is 19.1 Å². The number of para-hydroxylation sites is 2. The molecule has 16 heavy (non-hydrogen) atoms. The van der Waals surface area contributed by atoms with Crippen molar-refractivity contribution < 1.29 is 13.5 Å². The van der Waals surface area contributed by atoms with E-state index >= 15 is 0 Å². The van der Waals surface area contributed by atoms with Crippen LogP contribution in [0.25, 0.3) is 0 Å². The third kappa shape index (κ3) is 1.94. The number of hydrogen-bond donors (Lipinski definition) is 0. The number of rotatable bonds is 3. The zero-order valence-corrected chi connectivity index (χ0v) is 8.57. The van der Waals surface area contributed by atoms with Crippen LogP contribution >= 0.6 is 0 Å². The molecule has 1 aliphatic heterocycles. The van der Waals surface area contributed by atoms with Crippen LogP contribution in [0.2, 0.25) is 0 Å². The number of anilines is 1. The van der Waals surface area contributed by atoms with Gasteiger partial charge in [-0.1, -0.05) is 18.1 Å². The van der Waals surface area contributed by atoms with Gasteiger partial charge in [0.15, 0.2) is 0 Å². The van der Waals surface area contributed by atoms with E-state index in [4.69, 9.17) is 6.42 Å². The largest absolute Gasteiger partial charge is 0.433 e. The lowest BCUT2D eigenvalue weighted by molar-refractivity contribution is -0.0496. The summed E-state index contributed by atoms with van der Waals surface area (Å²) in [5.41, 5.74) is 0.636. The quantitative estimate of drug-likeness (QED) is 0.730. The monoisotopic (exact) mass is 223 g/mol. The molecule has 0 N–H and O–H groups in total. The van der Waals surface area contributed by atoms with E-state index in [1.54, 1.807) is 18.2 Å². The molecule has 1 aliphatic rings. The molecule has 4 heteroatoms. The highest BCUT2D eigenvalue weighted by atomic mass is 19.3. The van der Waals surface area contributed by atoms with Crippen molar-refractivity contribution >= 4 is 5.69 Å². The van der Waals surface area contributed by atoms with Gasteiger partial charge in [-0.2, -0.15) is 8.78 Å². The molecule has 2 nitrogen and oxygen atoms in total. The van der Waals surface area contributed by atoms with Crippen molar-refractivity contribution in [2.24, 2.45) is 0 Å². The minimum atomic E-state index is -2.81. The van der Waals surface area contributed by atoms with E-state index < -0.39 is 6.61 Å². The number of halogens is 2. The number of terminal acetylenes is 1. The van der Waals surface area contributed by atoms with Gasteiger partial charge in [0.05, 0.1) is 11.7 Å². The molecule has 0 amide bonds. The Labute approximate surface area is 92.8 Å². The maximum absolute atomic E-state index is 12.2. The molecule has 0 radical (unpaired) electrons. The summed E-state index contributed by atoms with van der Waals surface area (Å²) in [6.45, 7) is -2.04. The number of alkyl halides is 2. The van der Waals surface area contributed by atoms with E-state index in [0.29, 0.717) is 5.69 Å². The Morgan fingerprint density at radius 2 is 2.19 bits per heavy atom. The predicted octanol–water partition coefficient (Wildman–Crippen LogP) is 2.50. The molecule has 0 saturated carbocycles. The van der Waals surface area contributed by atoms with Gasteiger partial charge in [-0.15, -0.1) is 6.42 Å². The highest BCUT2D eigenvalue weighted by Gasteiger charge is 2.28. The molecule has 1 fully saturated rings. The second-order valence-corrected chi connectivity index (χ2v) is 3.51. The summed E-state index contributed by atoms with van der Waals surface area (Å²) in [6, 6.07) is 6.68. The molecule has 84 valence electrons. The van der Waals surface area contributed by atoms with Gasteiger partial charge in [0, 0.05) is 6.54 Å². The van der Waals surface area contributed by atoms with E-state index in [0.717, 1.165) is 13.0 Å². The van der Waals surface area contributed by atoms with Crippen LogP contribution in [-0.2, 0) is 0 Å². The van der Waals surface area contributed by atoms with Crippen molar-refractivity contribution in [1.82, 2.24) is 0 Å². The predicted molar refractivity (Wildman–Crippen MR) is 57.7 cm³/mol. The minimum absolute atomic E-state index is 0.0116. The van der Waals surface area contributed by atoms with Gasteiger partial charge in [-0.25, -0.2) is 0 Å². The first-order chi connectivity index (χ1) is 7.72. The summed E-state index contributed by atoms with van der Waals surface area (Å²) >= 11 is 0. The first kappa shape index (κ1) is 10.7. The summed E-state index contributed by atoms with van der Waals surface area (Å²) in [5, 5.41) is 0. The Morgan fingerprint density at radius 1 is 1.44 bits per heavy atom. The van der Waals surface area contributed by atoms with Crippen LogP contribution in [0.4, 0.5) is 14.5 Å². The fourth-order valence-corrected chi connectivity index (χ4v) is 1.74. The third-order valence-corrected chi connectivity index (χ3v) is 2.60. The third-order valence-electron chi connectivity index (χ3n) is 2.60. The van der Waals surface area contributed by atoms with Crippen LogP contribution in [0.15, 0.2) is 24.3 Å². The number of hydrogen-bond acceptors (Lipinski definition) is 2. The van der Waals surface area contributed by atoms with Gasteiger partial charge in [0.2, 0.25) is 0 Å². The van der Waals surface area contributed by atoms with Crippen molar-refractivity contribution in [3.8, 4) is 18.1 Å². The van der Waals surface area contributed by atoms with Crippen LogP contribution in [0.3, 0.4) is 0 Å². The van der Waals surface area contributed by atoms with Crippen molar-refractivity contribution in [2.75, 3.05) is 11.4 Å². The number of ether oxygens (including phenoxy) is 1. The van der Waals surface area contributed by atoms with Crippen LogP contribution in [0, 0.1) is 12.3 Å². The molecule has 0 aliphatic carbocycles. The molecule has 1 saturated heterocycles. The molecule has 0 bridgehead atoms. The Kier molecular flexibility index (Phi) is 2.95. The Morgan fingerprint density at radius 3 is 2.75 bits per heavy atom. The Hall–Kier alpha value is -1.76. The van der Waals surface area contributed by atoms with Gasteiger partial charge < -0.3 is 9.64 Å². The average molecular weight is 223 g/mol. The molecule has 2 rings (SSSR count). The fraction of sp³-hybridized carbons (Fsp3) is 0.333. The first-order valence-electron chi connectivity index (χ1n) is 4.99. The van der Waals surface area contributed by atoms with E-state index in [1.807, 2.05) is 4.90 Å². The smallest absolute Gasteiger partial charge is 0.387 e. The summed E-state index contributed by atoms with van der Waals surface area (Å²) in [4.78, 5) is 1.89. The van der Waals surface area contributed by atoms with Crippen LogP contribution < -0.4 is 9.64 Å². The Bertz CT molecular complexity index is 414. The second kappa shape index (κ2) is 4.40. The van der Waals surface area contributed by atoms with E-state index in [9.17, 15) is 8.78 Å². The van der Waals surface area contributed by atoms with Gasteiger partial charge in [-0.05, 0) is 18.6 Å². The lowest BCUT2D eigenvalue weighted by atomic mass is 10.0. The van der Waals surface area contributed by atoms with Crippen LogP contribution in [0.1, 0.15) is 6.42 Å². The topological polar surface area (TPSA) is 12.5 Å².